The van der Waals surface area contributed by atoms with Crippen molar-refractivity contribution < 1.29 is 14.6 Å². The van der Waals surface area contributed by atoms with Crippen molar-refractivity contribution in [2.45, 2.75) is 33.2 Å². The van der Waals surface area contributed by atoms with E-state index >= 15 is 0 Å². The molecule has 3 aromatic rings. The molecule has 1 aliphatic rings. The number of pyridine rings is 1. The van der Waals surface area contributed by atoms with Gasteiger partial charge in [-0.2, -0.15) is 4.98 Å². The average molecular weight is 413 g/mol. The van der Waals surface area contributed by atoms with E-state index in [1.165, 1.54) is 0 Å². The van der Waals surface area contributed by atoms with Crippen LogP contribution in [0.5, 0.6) is 5.88 Å². The number of hydrogen-bond acceptors (Lipinski definition) is 9. The van der Waals surface area contributed by atoms with Gasteiger partial charge < -0.3 is 24.8 Å². The smallest absolute Gasteiger partial charge is 0.262 e. The van der Waals surface area contributed by atoms with E-state index in [1.807, 2.05) is 26.0 Å². The summed E-state index contributed by atoms with van der Waals surface area (Å²) in [5.41, 5.74) is 2.32. The van der Waals surface area contributed by atoms with Gasteiger partial charge in [-0.1, -0.05) is 0 Å². The Bertz CT molecular complexity index is 1000. The van der Waals surface area contributed by atoms with Crippen LogP contribution in [0, 0.1) is 6.92 Å². The number of fused-ring (bicyclic) bond motifs is 1. The molecule has 1 fully saturated rings. The molecular weight excluding hydrogens is 386 g/mol. The summed E-state index contributed by atoms with van der Waals surface area (Å²) in [5.74, 6) is 2.16. The molecule has 0 spiro atoms. The fraction of sp³-hybridized carbons (Fsp3) is 0.500. The molecule has 4 heterocycles. The van der Waals surface area contributed by atoms with Gasteiger partial charge in [0, 0.05) is 25.9 Å². The molecule has 10 nitrogen and oxygen atoms in total. The van der Waals surface area contributed by atoms with Gasteiger partial charge in [-0.3, -0.25) is 4.68 Å². The summed E-state index contributed by atoms with van der Waals surface area (Å²) in [4.78, 5) is 16.1. The topological polar surface area (TPSA) is 110 Å². The first-order chi connectivity index (χ1) is 14.7. The van der Waals surface area contributed by atoms with Gasteiger partial charge in [0.25, 0.3) is 5.88 Å². The Hall–Kier alpha value is -2.98. The van der Waals surface area contributed by atoms with E-state index in [0.717, 1.165) is 31.5 Å². The van der Waals surface area contributed by atoms with E-state index in [9.17, 15) is 5.11 Å². The number of rotatable bonds is 9. The minimum atomic E-state index is -0.483. The lowest BCUT2D eigenvalue weighted by atomic mass is 10.3. The molecule has 0 aromatic carbocycles. The van der Waals surface area contributed by atoms with Crippen molar-refractivity contribution in [1.82, 2.24) is 24.7 Å². The number of aryl methyl sites for hydroxylation is 1. The third kappa shape index (κ3) is 4.29. The molecular formula is C20H27N7O3. The van der Waals surface area contributed by atoms with Gasteiger partial charge in [0.05, 0.1) is 13.2 Å². The summed E-state index contributed by atoms with van der Waals surface area (Å²) in [7, 11) is 0. The van der Waals surface area contributed by atoms with Crippen LogP contribution in [-0.2, 0) is 11.3 Å². The van der Waals surface area contributed by atoms with Gasteiger partial charge in [0.2, 0.25) is 5.95 Å². The number of nitrogens with one attached hydrogen (secondary N) is 1. The zero-order chi connectivity index (χ0) is 20.9. The van der Waals surface area contributed by atoms with Gasteiger partial charge in [0.1, 0.15) is 11.3 Å². The number of nitrogens with zero attached hydrogens (tertiary/aromatic N) is 6. The molecule has 0 bridgehead atoms. The molecule has 0 atom stereocenters. The van der Waals surface area contributed by atoms with Crippen molar-refractivity contribution in [1.29, 1.82) is 0 Å². The monoisotopic (exact) mass is 413 g/mol. The van der Waals surface area contributed by atoms with E-state index in [4.69, 9.17) is 19.4 Å². The Morgan fingerprint density at radius 2 is 2.07 bits per heavy atom. The summed E-state index contributed by atoms with van der Waals surface area (Å²) in [5, 5.41) is 17.2. The lowest BCUT2D eigenvalue weighted by molar-refractivity contribution is 0.0935. The summed E-state index contributed by atoms with van der Waals surface area (Å²) < 4.78 is 12.6. The van der Waals surface area contributed by atoms with Crippen molar-refractivity contribution in [2.75, 3.05) is 43.3 Å². The Morgan fingerprint density at radius 3 is 2.80 bits per heavy atom. The number of anilines is 3. The van der Waals surface area contributed by atoms with Gasteiger partial charge in [-0.15, -0.1) is 5.10 Å². The van der Waals surface area contributed by atoms with Crippen molar-refractivity contribution in [3.05, 3.63) is 23.9 Å². The zero-order valence-electron chi connectivity index (χ0n) is 17.3. The highest BCUT2D eigenvalue weighted by Gasteiger charge is 2.23. The van der Waals surface area contributed by atoms with Crippen LogP contribution in [0.25, 0.3) is 11.0 Å². The molecule has 30 heavy (non-hydrogen) atoms. The fourth-order valence-electron chi connectivity index (χ4n) is 3.53. The van der Waals surface area contributed by atoms with Gasteiger partial charge in [-0.25, -0.2) is 9.97 Å². The Balaban J connectivity index is 1.83. The van der Waals surface area contributed by atoms with Gasteiger partial charge in [-0.05, 0) is 44.4 Å². The Morgan fingerprint density at radius 1 is 1.23 bits per heavy atom. The molecule has 160 valence electrons. The fourth-order valence-corrected chi connectivity index (χ4v) is 3.53. The third-order valence-corrected chi connectivity index (χ3v) is 4.95. The van der Waals surface area contributed by atoms with Gasteiger partial charge in [0.15, 0.2) is 18.1 Å². The van der Waals surface area contributed by atoms with Crippen LogP contribution in [0.15, 0.2) is 18.3 Å². The first-order valence-electron chi connectivity index (χ1n) is 10.2. The summed E-state index contributed by atoms with van der Waals surface area (Å²) in [6.45, 7) is 6.89. The van der Waals surface area contributed by atoms with E-state index < -0.39 is 6.79 Å². The largest absolute Gasteiger partial charge is 0.448 e. The minimum Gasteiger partial charge on any atom is -0.448 e. The number of aliphatic hydroxyl groups excluding tert-OH is 1. The highest BCUT2D eigenvalue weighted by atomic mass is 16.6. The molecule has 1 saturated heterocycles. The van der Waals surface area contributed by atoms with Crippen LogP contribution in [0.2, 0.25) is 0 Å². The average Bonchev–Trinajstić information content (AvgIpc) is 3.38. The Kier molecular flexibility index (Phi) is 6.24. The lowest BCUT2D eigenvalue weighted by Crippen LogP contribution is -2.21. The number of aromatic nitrogens is 5. The highest BCUT2D eigenvalue weighted by Crippen LogP contribution is 2.32. The van der Waals surface area contributed by atoms with Crippen LogP contribution in [0.1, 0.15) is 25.3 Å². The minimum absolute atomic E-state index is 0.270. The molecule has 10 heteroatoms. The number of ether oxygens (including phenoxy) is 2. The SMILES string of the molecule is CCOCCn1nc(OCO)c2nc(N3CCCC3)nc(Nc3cc(C)ccn3)c21. The second kappa shape index (κ2) is 9.23. The van der Waals surface area contributed by atoms with Gasteiger partial charge >= 0.3 is 0 Å². The molecule has 4 rings (SSSR count). The lowest BCUT2D eigenvalue weighted by Gasteiger charge is -2.17. The quantitative estimate of drug-likeness (QED) is 0.403. The molecule has 0 aliphatic carbocycles. The standard InChI is InChI=1S/C20H27N7O3/c1-3-29-11-10-27-17-16(19(25-27)30-13-28)23-20(26-8-4-5-9-26)24-18(17)22-15-12-14(2)6-7-21-15/h6-7,12,28H,3-5,8-11,13H2,1-2H3,(H,21,22,23,24). The molecule has 0 unspecified atom stereocenters. The summed E-state index contributed by atoms with van der Waals surface area (Å²) in [6, 6.07) is 3.89. The van der Waals surface area contributed by atoms with Crippen molar-refractivity contribution in [2.24, 2.45) is 0 Å². The normalized spacial score (nSPS) is 13.9. The maximum absolute atomic E-state index is 9.34. The molecule has 0 saturated carbocycles. The van der Waals surface area contributed by atoms with E-state index in [2.05, 4.69) is 20.3 Å². The highest BCUT2D eigenvalue weighted by molar-refractivity contribution is 5.92. The molecule has 3 aromatic heterocycles. The van der Waals surface area contributed by atoms with Crippen molar-refractivity contribution in [3.63, 3.8) is 0 Å². The van der Waals surface area contributed by atoms with E-state index in [-0.39, 0.29) is 5.88 Å². The first kappa shape index (κ1) is 20.3. The van der Waals surface area contributed by atoms with Crippen LogP contribution in [-0.4, -0.2) is 62.9 Å². The predicted octanol–water partition coefficient (Wildman–Crippen LogP) is 2.24. The second-order valence-electron chi connectivity index (χ2n) is 7.11. The van der Waals surface area contributed by atoms with Crippen molar-refractivity contribution >= 4 is 28.6 Å². The molecule has 0 amide bonds. The molecule has 1 aliphatic heterocycles. The van der Waals surface area contributed by atoms with E-state index in [0.29, 0.717) is 48.4 Å². The first-order valence-corrected chi connectivity index (χ1v) is 10.2. The van der Waals surface area contributed by atoms with E-state index in [1.54, 1.807) is 10.9 Å². The van der Waals surface area contributed by atoms with Crippen LogP contribution >= 0.6 is 0 Å². The number of aliphatic hydroxyl groups is 1. The molecule has 0 radical (unpaired) electrons. The zero-order valence-corrected chi connectivity index (χ0v) is 17.3. The summed E-state index contributed by atoms with van der Waals surface area (Å²) >= 11 is 0. The third-order valence-electron chi connectivity index (χ3n) is 4.95. The maximum atomic E-state index is 9.34. The molecule has 2 N–H and O–H groups in total. The predicted molar refractivity (Wildman–Crippen MR) is 113 cm³/mol. The second-order valence-corrected chi connectivity index (χ2v) is 7.11. The summed E-state index contributed by atoms with van der Waals surface area (Å²) in [6.07, 6.45) is 3.97. The van der Waals surface area contributed by atoms with Crippen LogP contribution in [0.4, 0.5) is 17.6 Å². The van der Waals surface area contributed by atoms with Crippen molar-refractivity contribution in [3.8, 4) is 5.88 Å². The Labute approximate surface area is 174 Å². The number of hydrogen-bond donors (Lipinski definition) is 2. The van der Waals surface area contributed by atoms with Crippen LogP contribution in [0.3, 0.4) is 0 Å². The maximum Gasteiger partial charge on any atom is 0.262 e. The van der Waals surface area contributed by atoms with Crippen LogP contribution < -0.4 is 15.0 Å².